The Kier molecular flexibility index (Phi) is 5.98. The second-order valence-corrected chi connectivity index (χ2v) is 5.40. The van der Waals surface area contributed by atoms with Crippen molar-refractivity contribution in [2.45, 2.75) is 26.7 Å². The minimum absolute atomic E-state index is 0.165. The molecule has 0 amide bonds. The van der Waals surface area contributed by atoms with Gasteiger partial charge in [0.2, 0.25) is 0 Å². The third-order valence-corrected chi connectivity index (χ3v) is 3.58. The Morgan fingerprint density at radius 1 is 1.17 bits per heavy atom. The Bertz CT molecular complexity index is 724. The van der Waals surface area contributed by atoms with Gasteiger partial charge in [-0.15, -0.1) is 0 Å². The fourth-order valence-electron chi connectivity index (χ4n) is 2.36. The van der Waals surface area contributed by atoms with Crippen molar-refractivity contribution in [2.75, 3.05) is 13.2 Å². The lowest BCUT2D eigenvalue weighted by Crippen LogP contribution is -2.27. The molecule has 0 aliphatic carbocycles. The van der Waals surface area contributed by atoms with E-state index >= 15 is 0 Å². The lowest BCUT2D eigenvalue weighted by atomic mass is 9.97. The molecule has 1 heterocycles. The fraction of sp³-hybridized carbons (Fsp3) is 0.353. The maximum Gasteiger partial charge on any atom is 0.324 e. The van der Waals surface area contributed by atoms with Crippen LogP contribution in [0.15, 0.2) is 30.3 Å². The summed E-state index contributed by atoms with van der Waals surface area (Å²) < 4.78 is 11.6. The number of ether oxygens (including phenoxy) is 2. The highest BCUT2D eigenvalue weighted by Gasteiger charge is 2.34. The van der Waals surface area contributed by atoms with Crippen LogP contribution in [0.4, 0.5) is 0 Å². The van der Waals surface area contributed by atoms with Crippen molar-refractivity contribution in [2.24, 2.45) is 0 Å². The number of carbonyl (C=O) groups excluding carboxylic acids is 2. The van der Waals surface area contributed by atoms with Gasteiger partial charge < -0.3 is 9.47 Å². The minimum atomic E-state index is -1.19. The Labute approximate surface area is 145 Å². The normalized spacial score (nSPS) is 10.7. The molecule has 7 heteroatoms. The van der Waals surface area contributed by atoms with Crippen LogP contribution in [0.25, 0.3) is 5.69 Å². The first-order valence-electron chi connectivity index (χ1n) is 7.64. The maximum atomic E-state index is 12.3. The van der Waals surface area contributed by atoms with Gasteiger partial charge in [0, 0.05) is 5.56 Å². The standard InChI is InChI=1S/C17H19ClN2O4/c1-4-23-16(21)15(17(22)24-5-2)12-8-6-7-9-13(12)20-14(18)10-11(3)19-20/h6-10,15H,4-5H2,1-3H3. The molecule has 0 saturated carbocycles. The summed E-state index contributed by atoms with van der Waals surface area (Å²) in [6, 6.07) is 8.61. The molecular weight excluding hydrogens is 332 g/mol. The van der Waals surface area contributed by atoms with E-state index < -0.39 is 17.9 Å². The van der Waals surface area contributed by atoms with E-state index in [9.17, 15) is 9.59 Å². The molecular formula is C17H19ClN2O4. The Hall–Kier alpha value is -2.34. The van der Waals surface area contributed by atoms with Crippen LogP contribution in [0.2, 0.25) is 5.15 Å². The van der Waals surface area contributed by atoms with Crippen molar-refractivity contribution in [3.63, 3.8) is 0 Å². The molecule has 0 atom stereocenters. The number of hydrogen-bond donors (Lipinski definition) is 0. The Balaban J connectivity index is 2.56. The number of carbonyl (C=O) groups is 2. The van der Waals surface area contributed by atoms with E-state index in [2.05, 4.69) is 5.10 Å². The van der Waals surface area contributed by atoms with Gasteiger partial charge in [0.25, 0.3) is 0 Å². The topological polar surface area (TPSA) is 70.4 Å². The predicted octanol–water partition coefficient (Wildman–Crippen LogP) is 3.04. The summed E-state index contributed by atoms with van der Waals surface area (Å²) >= 11 is 6.21. The molecule has 0 N–H and O–H groups in total. The van der Waals surface area contributed by atoms with E-state index in [1.165, 1.54) is 4.68 Å². The lowest BCUT2D eigenvalue weighted by Gasteiger charge is -2.18. The summed E-state index contributed by atoms with van der Waals surface area (Å²) in [5.74, 6) is -2.52. The average Bonchev–Trinajstić information content (AvgIpc) is 2.87. The molecule has 0 aliphatic rings. The molecule has 128 valence electrons. The smallest absolute Gasteiger partial charge is 0.324 e. The molecule has 0 spiro atoms. The molecule has 24 heavy (non-hydrogen) atoms. The van der Waals surface area contributed by atoms with Crippen LogP contribution >= 0.6 is 11.6 Å². The van der Waals surface area contributed by atoms with Crippen molar-refractivity contribution >= 4 is 23.5 Å². The van der Waals surface area contributed by atoms with E-state index in [-0.39, 0.29) is 13.2 Å². The van der Waals surface area contributed by atoms with Gasteiger partial charge in [-0.2, -0.15) is 5.10 Å². The minimum Gasteiger partial charge on any atom is -0.465 e. The maximum absolute atomic E-state index is 12.3. The number of para-hydroxylation sites is 1. The molecule has 2 rings (SSSR count). The first-order valence-corrected chi connectivity index (χ1v) is 8.02. The molecule has 0 unspecified atom stereocenters. The highest BCUT2D eigenvalue weighted by atomic mass is 35.5. The number of aryl methyl sites for hydroxylation is 1. The van der Waals surface area contributed by atoms with Gasteiger partial charge in [0.05, 0.1) is 24.6 Å². The first kappa shape index (κ1) is 18.0. The van der Waals surface area contributed by atoms with E-state index in [1.54, 1.807) is 51.1 Å². The number of halogens is 1. The number of aromatic nitrogens is 2. The van der Waals surface area contributed by atoms with E-state index in [4.69, 9.17) is 21.1 Å². The molecule has 0 radical (unpaired) electrons. The van der Waals surface area contributed by atoms with Gasteiger partial charge in [-0.3, -0.25) is 9.59 Å². The first-order chi connectivity index (χ1) is 11.5. The third-order valence-electron chi connectivity index (χ3n) is 3.31. The number of rotatable bonds is 6. The van der Waals surface area contributed by atoms with Gasteiger partial charge in [0.15, 0.2) is 5.92 Å². The molecule has 1 aromatic carbocycles. The summed E-state index contributed by atoms with van der Waals surface area (Å²) in [5, 5.41) is 4.70. The van der Waals surface area contributed by atoms with Gasteiger partial charge in [-0.25, -0.2) is 4.68 Å². The van der Waals surface area contributed by atoms with Crippen LogP contribution in [0.1, 0.15) is 31.0 Å². The quantitative estimate of drug-likeness (QED) is 0.591. The molecule has 6 nitrogen and oxygen atoms in total. The Morgan fingerprint density at radius 3 is 2.25 bits per heavy atom. The van der Waals surface area contributed by atoms with E-state index in [0.29, 0.717) is 16.4 Å². The monoisotopic (exact) mass is 350 g/mol. The van der Waals surface area contributed by atoms with Crippen molar-refractivity contribution < 1.29 is 19.1 Å². The fourth-order valence-corrected chi connectivity index (χ4v) is 2.65. The largest absolute Gasteiger partial charge is 0.465 e. The summed E-state index contributed by atoms with van der Waals surface area (Å²) in [7, 11) is 0. The average molecular weight is 351 g/mol. The van der Waals surface area contributed by atoms with Gasteiger partial charge in [-0.05, 0) is 32.9 Å². The second kappa shape index (κ2) is 7.97. The highest BCUT2D eigenvalue weighted by Crippen LogP contribution is 2.28. The lowest BCUT2D eigenvalue weighted by molar-refractivity contribution is -0.156. The van der Waals surface area contributed by atoms with Gasteiger partial charge >= 0.3 is 11.9 Å². The zero-order valence-corrected chi connectivity index (χ0v) is 14.5. The predicted molar refractivity (Wildman–Crippen MR) is 89.3 cm³/mol. The molecule has 1 aromatic heterocycles. The Morgan fingerprint density at radius 2 is 1.75 bits per heavy atom. The van der Waals surface area contributed by atoms with Crippen molar-refractivity contribution in [3.8, 4) is 5.69 Å². The van der Waals surface area contributed by atoms with Crippen LogP contribution in [-0.2, 0) is 19.1 Å². The SMILES string of the molecule is CCOC(=O)C(C(=O)OCC)c1ccccc1-n1nc(C)cc1Cl. The van der Waals surface area contributed by atoms with Crippen LogP contribution in [0.5, 0.6) is 0 Å². The summed E-state index contributed by atoms with van der Waals surface area (Å²) in [5.41, 5.74) is 1.68. The van der Waals surface area contributed by atoms with Gasteiger partial charge in [-0.1, -0.05) is 29.8 Å². The number of benzene rings is 1. The summed E-state index contributed by atoms with van der Waals surface area (Å²) in [4.78, 5) is 24.7. The molecule has 0 bridgehead atoms. The van der Waals surface area contributed by atoms with E-state index in [0.717, 1.165) is 5.69 Å². The number of hydrogen-bond acceptors (Lipinski definition) is 5. The van der Waals surface area contributed by atoms with Crippen molar-refractivity contribution in [1.29, 1.82) is 0 Å². The van der Waals surface area contributed by atoms with Crippen LogP contribution in [0.3, 0.4) is 0 Å². The second-order valence-electron chi connectivity index (χ2n) is 5.02. The zero-order valence-electron chi connectivity index (χ0n) is 13.8. The summed E-state index contributed by atoms with van der Waals surface area (Å²) in [6.07, 6.45) is 0. The van der Waals surface area contributed by atoms with Crippen molar-refractivity contribution in [1.82, 2.24) is 9.78 Å². The molecule has 0 aliphatic heterocycles. The zero-order chi connectivity index (χ0) is 17.7. The van der Waals surface area contributed by atoms with Crippen molar-refractivity contribution in [3.05, 3.63) is 46.7 Å². The molecule has 2 aromatic rings. The van der Waals surface area contributed by atoms with Gasteiger partial charge in [0.1, 0.15) is 5.15 Å². The highest BCUT2D eigenvalue weighted by molar-refractivity contribution is 6.29. The van der Waals surface area contributed by atoms with Crippen LogP contribution < -0.4 is 0 Å². The number of nitrogens with zero attached hydrogens (tertiary/aromatic N) is 2. The molecule has 0 saturated heterocycles. The van der Waals surface area contributed by atoms with Crippen LogP contribution in [-0.4, -0.2) is 34.9 Å². The summed E-state index contributed by atoms with van der Waals surface area (Å²) in [6.45, 7) is 5.50. The van der Waals surface area contributed by atoms with E-state index in [1.807, 2.05) is 0 Å². The third kappa shape index (κ3) is 3.76. The van der Waals surface area contributed by atoms with Crippen LogP contribution in [0, 0.1) is 6.92 Å². The molecule has 0 fully saturated rings. The number of esters is 2.